The Hall–Kier alpha value is -3.43. The average molecular weight is 378 g/mol. The van der Waals surface area contributed by atoms with Gasteiger partial charge in [0.25, 0.3) is 0 Å². The minimum atomic E-state index is -4.47. The minimum absolute atomic E-state index is 0.129. The summed E-state index contributed by atoms with van der Waals surface area (Å²) in [4.78, 5) is 4.34. The zero-order valence-corrected chi connectivity index (χ0v) is 14.5. The van der Waals surface area contributed by atoms with Gasteiger partial charge in [-0.1, -0.05) is 0 Å². The van der Waals surface area contributed by atoms with Crippen LogP contribution in [0.25, 0.3) is 28.2 Å². The fourth-order valence-corrected chi connectivity index (χ4v) is 2.56. The average Bonchev–Trinajstić information content (AvgIpc) is 3.21. The molecule has 0 aliphatic heterocycles. The van der Waals surface area contributed by atoms with Crippen LogP contribution in [0.1, 0.15) is 5.56 Å². The molecule has 0 fully saturated rings. The van der Waals surface area contributed by atoms with Gasteiger partial charge in [0.05, 0.1) is 35.5 Å². The van der Waals surface area contributed by atoms with E-state index in [4.69, 9.17) is 16.2 Å². The van der Waals surface area contributed by atoms with E-state index in [0.717, 1.165) is 12.1 Å². The molecule has 2 heterocycles. The van der Waals surface area contributed by atoms with Gasteiger partial charge in [-0.2, -0.15) is 18.3 Å². The van der Waals surface area contributed by atoms with E-state index in [1.807, 2.05) is 0 Å². The summed E-state index contributed by atoms with van der Waals surface area (Å²) in [6.07, 6.45) is 1.70. The molecule has 0 aliphatic rings. The Kier molecular flexibility index (Phi) is 4.56. The Morgan fingerprint density at radius 3 is 2.56 bits per heavy atom. The normalized spacial score (nSPS) is 13.4. The highest BCUT2D eigenvalue weighted by atomic mass is 19.4. The van der Waals surface area contributed by atoms with Gasteiger partial charge in [-0.3, -0.25) is 9.25 Å². The number of methoxy groups -OCH3 is 1. The lowest BCUT2D eigenvalue weighted by Gasteiger charge is -2.09. The largest absolute Gasteiger partial charge is 0.483 e. The zero-order chi connectivity index (χ0) is 19.8. The summed E-state index contributed by atoms with van der Waals surface area (Å²) in [5.41, 5.74) is 12.1. The van der Waals surface area contributed by atoms with Crippen molar-refractivity contribution in [3.63, 3.8) is 0 Å². The van der Waals surface area contributed by atoms with Gasteiger partial charge in [-0.05, 0) is 24.3 Å². The SMILES string of the molecule is CO/C(N)=C/C=C(\N)n1c(-c2cnn(C)c2)nc2cc(C(F)(F)F)ccc21. The summed E-state index contributed by atoms with van der Waals surface area (Å²) in [5.74, 6) is 0.691. The van der Waals surface area contributed by atoms with E-state index >= 15 is 0 Å². The number of nitrogens with zero attached hydrogens (tertiary/aromatic N) is 4. The minimum Gasteiger partial charge on any atom is -0.483 e. The fourth-order valence-electron chi connectivity index (χ4n) is 2.56. The molecule has 0 saturated carbocycles. The lowest BCUT2D eigenvalue weighted by atomic mass is 10.2. The monoisotopic (exact) mass is 378 g/mol. The van der Waals surface area contributed by atoms with Gasteiger partial charge in [-0.15, -0.1) is 0 Å². The number of aromatic nitrogens is 4. The van der Waals surface area contributed by atoms with Crippen molar-refractivity contribution < 1.29 is 17.9 Å². The molecule has 0 unspecified atom stereocenters. The van der Waals surface area contributed by atoms with E-state index in [9.17, 15) is 13.2 Å². The maximum absolute atomic E-state index is 13.0. The number of benzene rings is 1. The number of halogens is 3. The van der Waals surface area contributed by atoms with Gasteiger partial charge in [-0.25, -0.2) is 4.98 Å². The van der Waals surface area contributed by atoms with Gasteiger partial charge in [0.15, 0.2) is 5.88 Å². The molecule has 0 bridgehead atoms. The van der Waals surface area contributed by atoms with E-state index in [-0.39, 0.29) is 17.2 Å². The molecule has 4 N–H and O–H groups in total. The zero-order valence-electron chi connectivity index (χ0n) is 14.5. The highest BCUT2D eigenvalue weighted by molar-refractivity contribution is 5.85. The highest BCUT2D eigenvalue weighted by Gasteiger charge is 2.31. The Labute approximate surface area is 152 Å². The third-order valence-electron chi connectivity index (χ3n) is 3.86. The summed E-state index contributed by atoms with van der Waals surface area (Å²) < 4.78 is 47.1. The molecular formula is C17H17F3N6O. The summed E-state index contributed by atoms with van der Waals surface area (Å²) in [6, 6.07) is 3.30. The van der Waals surface area contributed by atoms with E-state index < -0.39 is 11.7 Å². The molecule has 3 aromatic rings. The van der Waals surface area contributed by atoms with Crippen molar-refractivity contribution in [1.82, 2.24) is 19.3 Å². The Morgan fingerprint density at radius 1 is 1.22 bits per heavy atom. The van der Waals surface area contributed by atoms with E-state index in [0.29, 0.717) is 16.9 Å². The number of imidazole rings is 1. The lowest BCUT2D eigenvalue weighted by molar-refractivity contribution is -0.137. The second-order valence-electron chi connectivity index (χ2n) is 5.74. The standard InChI is InChI=1S/C17H17F3N6O/c1-25-9-10(8-23-25)16-24-12-7-11(17(18,19)20)3-4-13(12)26(16)14(21)5-6-15(22)27-2/h3-9H,21-22H2,1-2H3/b14-5+,15-6+. The molecule has 1 aromatic carbocycles. The van der Waals surface area contributed by atoms with Crippen LogP contribution in [-0.2, 0) is 18.0 Å². The van der Waals surface area contributed by atoms with E-state index in [2.05, 4.69) is 10.1 Å². The molecular weight excluding hydrogens is 361 g/mol. The molecule has 2 aromatic heterocycles. The third-order valence-corrected chi connectivity index (χ3v) is 3.86. The van der Waals surface area contributed by atoms with Crippen molar-refractivity contribution in [3.8, 4) is 11.4 Å². The molecule has 3 rings (SSSR count). The van der Waals surface area contributed by atoms with Crippen molar-refractivity contribution in [1.29, 1.82) is 0 Å². The third kappa shape index (κ3) is 3.59. The molecule has 0 saturated heterocycles. The summed E-state index contributed by atoms with van der Waals surface area (Å²) in [7, 11) is 3.13. The summed E-state index contributed by atoms with van der Waals surface area (Å²) in [5, 5.41) is 4.08. The van der Waals surface area contributed by atoms with Crippen LogP contribution in [0.5, 0.6) is 0 Å². The lowest BCUT2D eigenvalue weighted by Crippen LogP contribution is -2.09. The van der Waals surface area contributed by atoms with Crippen molar-refractivity contribution >= 4 is 16.9 Å². The van der Waals surface area contributed by atoms with Crippen LogP contribution in [0.3, 0.4) is 0 Å². The van der Waals surface area contributed by atoms with Gasteiger partial charge in [0, 0.05) is 19.3 Å². The van der Waals surface area contributed by atoms with Gasteiger partial charge in [0.1, 0.15) is 11.6 Å². The predicted molar refractivity (Wildman–Crippen MR) is 94.7 cm³/mol. The van der Waals surface area contributed by atoms with Crippen molar-refractivity contribution in [2.24, 2.45) is 18.5 Å². The first kappa shape index (κ1) is 18.4. The molecule has 7 nitrogen and oxygen atoms in total. The quantitative estimate of drug-likeness (QED) is 0.537. The van der Waals surface area contributed by atoms with Crippen LogP contribution in [0, 0.1) is 0 Å². The van der Waals surface area contributed by atoms with Gasteiger partial charge >= 0.3 is 6.18 Å². The maximum Gasteiger partial charge on any atom is 0.416 e. The highest BCUT2D eigenvalue weighted by Crippen LogP contribution is 2.33. The molecule has 0 aliphatic carbocycles. The van der Waals surface area contributed by atoms with Crippen molar-refractivity contribution in [3.05, 3.63) is 54.2 Å². The first-order chi connectivity index (χ1) is 12.7. The van der Waals surface area contributed by atoms with Crippen LogP contribution < -0.4 is 11.5 Å². The topological polar surface area (TPSA) is 96.9 Å². The van der Waals surface area contributed by atoms with Crippen LogP contribution in [0.2, 0.25) is 0 Å². The smallest absolute Gasteiger partial charge is 0.416 e. The second-order valence-corrected chi connectivity index (χ2v) is 5.74. The van der Waals surface area contributed by atoms with Gasteiger partial charge in [0.2, 0.25) is 0 Å². The first-order valence-electron chi connectivity index (χ1n) is 7.76. The molecule has 0 radical (unpaired) electrons. The summed E-state index contributed by atoms with van der Waals surface area (Å²) >= 11 is 0. The van der Waals surface area contributed by atoms with Crippen molar-refractivity contribution in [2.45, 2.75) is 6.18 Å². The number of hydrogen-bond donors (Lipinski definition) is 2. The number of fused-ring (bicyclic) bond motifs is 1. The molecule has 0 spiro atoms. The molecule has 10 heteroatoms. The summed E-state index contributed by atoms with van der Waals surface area (Å²) in [6.45, 7) is 0. The van der Waals surface area contributed by atoms with Crippen LogP contribution in [-0.4, -0.2) is 26.4 Å². The van der Waals surface area contributed by atoms with Crippen molar-refractivity contribution in [2.75, 3.05) is 7.11 Å². The van der Waals surface area contributed by atoms with E-state index in [1.165, 1.54) is 29.9 Å². The molecule has 27 heavy (non-hydrogen) atoms. The number of ether oxygens (including phenoxy) is 1. The fraction of sp³-hybridized carbons (Fsp3) is 0.176. The van der Waals surface area contributed by atoms with Crippen LogP contribution >= 0.6 is 0 Å². The number of aryl methyl sites for hydroxylation is 1. The Bertz CT molecular complexity index is 1040. The van der Waals surface area contributed by atoms with Crippen LogP contribution in [0.15, 0.2) is 48.6 Å². The molecule has 0 atom stereocenters. The number of allylic oxidation sites excluding steroid dienone is 2. The predicted octanol–water partition coefficient (Wildman–Crippen LogP) is 2.66. The number of hydrogen-bond acceptors (Lipinski definition) is 5. The number of nitrogens with two attached hydrogens (primary N) is 2. The second kappa shape index (κ2) is 6.71. The number of rotatable bonds is 4. The maximum atomic E-state index is 13.0. The molecule has 142 valence electrons. The van der Waals surface area contributed by atoms with Crippen LogP contribution in [0.4, 0.5) is 13.2 Å². The Balaban J connectivity index is 2.25. The molecule has 0 amide bonds. The first-order valence-corrected chi connectivity index (χ1v) is 7.76. The number of alkyl halides is 3. The Morgan fingerprint density at radius 2 is 1.96 bits per heavy atom. The van der Waals surface area contributed by atoms with E-state index in [1.54, 1.807) is 24.1 Å². The van der Waals surface area contributed by atoms with Gasteiger partial charge < -0.3 is 16.2 Å².